The van der Waals surface area contributed by atoms with Crippen molar-refractivity contribution >= 4 is 37.0 Å². The van der Waals surface area contributed by atoms with E-state index in [1.54, 1.807) is 0 Å². The maximum absolute atomic E-state index is 11.0. The zero-order chi connectivity index (χ0) is 15.2. The Morgan fingerprint density at radius 3 is 2.38 bits per heavy atom. The molecule has 0 radical (unpaired) electrons. The summed E-state index contributed by atoms with van der Waals surface area (Å²) in [5.74, 6) is -0.850. The molecule has 0 aliphatic heterocycles. The van der Waals surface area contributed by atoms with Crippen molar-refractivity contribution in [3.63, 3.8) is 0 Å². The Balaban J connectivity index is 2.30. The molecule has 0 amide bonds. The van der Waals surface area contributed by atoms with Crippen molar-refractivity contribution in [1.29, 1.82) is 0 Å². The van der Waals surface area contributed by atoms with Crippen LogP contribution < -0.4 is 4.46 Å². The molecule has 2 atom stereocenters. The minimum absolute atomic E-state index is 0.0187. The van der Waals surface area contributed by atoms with Crippen molar-refractivity contribution in [2.75, 3.05) is 0 Å². The van der Waals surface area contributed by atoms with Gasteiger partial charge in [0.25, 0.3) is 0 Å². The number of benzene rings is 2. The molecule has 2 aromatic carbocycles. The molecule has 21 heavy (non-hydrogen) atoms. The molecule has 1 N–H and O–H groups in total. The quantitative estimate of drug-likeness (QED) is 0.629. The summed E-state index contributed by atoms with van der Waals surface area (Å²) < 4.78 is 1.23. The number of hydrogen-bond acceptors (Lipinski definition) is 1. The van der Waals surface area contributed by atoms with Gasteiger partial charge in [-0.25, -0.2) is 0 Å². The van der Waals surface area contributed by atoms with Crippen LogP contribution >= 0.6 is 11.6 Å². The third-order valence-electron chi connectivity index (χ3n) is 3.20. The van der Waals surface area contributed by atoms with E-state index in [1.807, 2.05) is 43.3 Å². The number of aliphatic carboxylic acids is 1. The summed E-state index contributed by atoms with van der Waals surface area (Å²) in [6.45, 7) is 2.05. The molecule has 0 aromatic heterocycles. The first kappa shape index (κ1) is 16.1. The van der Waals surface area contributed by atoms with Crippen molar-refractivity contribution in [2.45, 2.75) is 23.5 Å². The molecule has 0 aliphatic carbocycles. The molecular formula is C17H17ClO2Se. The van der Waals surface area contributed by atoms with Gasteiger partial charge in [-0.2, -0.15) is 0 Å². The first-order valence-electron chi connectivity index (χ1n) is 6.71. The van der Waals surface area contributed by atoms with Crippen LogP contribution in [0.4, 0.5) is 0 Å². The molecule has 0 spiro atoms. The Bertz CT molecular complexity index is 601. The standard InChI is InChI=1S/C17H17ClO2Se/c1-12-7-5-6-10-14(12)17(15(18)11-16(19)20)21-13-8-3-2-4-9-13/h2-10,15,17H,11H2,1H3,(H,19,20)/t15-,17+/m1/s1. The third-order valence-corrected chi connectivity index (χ3v) is 6.84. The Labute approximate surface area is 136 Å². The van der Waals surface area contributed by atoms with Gasteiger partial charge in [0.1, 0.15) is 0 Å². The number of alkyl halides is 1. The molecule has 0 fully saturated rings. The van der Waals surface area contributed by atoms with Crippen LogP contribution in [-0.2, 0) is 4.79 Å². The summed E-state index contributed by atoms with van der Waals surface area (Å²) in [6, 6.07) is 18.2. The van der Waals surface area contributed by atoms with Crippen molar-refractivity contribution in [2.24, 2.45) is 0 Å². The van der Waals surface area contributed by atoms with E-state index in [2.05, 4.69) is 18.2 Å². The Kier molecular flexibility index (Phi) is 5.86. The molecule has 0 unspecified atom stereocenters. The fourth-order valence-corrected chi connectivity index (χ4v) is 5.30. The van der Waals surface area contributed by atoms with E-state index in [4.69, 9.17) is 16.7 Å². The summed E-state index contributed by atoms with van der Waals surface area (Å²) in [5.41, 5.74) is 2.32. The number of hydrogen-bond donors (Lipinski definition) is 1. The van der Waals surface area contributed by atoms with Crippen LogP contribution in [0, 0.1) is 6.92 Å². The monoisotopic (exact) mass is 368 g/mol. The first-order valence-corrected chi connectivity index (χ1v) is 8.99. The van der Waals surface area contributed by atoms with Gasteiger partial charge in [-0.15, -0.1) is 0 Å². The molecule has 0 aliphatic rings. The minimum atomic E-state index is -0.850. The van der Waals surface area contributed by atoms with Crippen LogP contribution in [0.25, 0.3) is 0 Å². The van der Waals surface area contributed by atoms with Crippen LogP contribution in [0.3, 0.4) is 0 Å². The number of carbonyl (C=O) groups is 1. The van der Waals surface area contributed by atoms with Crippen molar-refractivity contribution in [1.82, 2.24) is 0 Å². The molecule has 110 valence electrons. The average molecular weight is 368 g/mol. The summed E-state index contributed by atoms with van der Waals surface area (Å²) >= 11 is 6.53. The van der Waals surface area contributed by atoms with E-state index < -0.39 is 11.3 Å². The summed E-state index contributed by atoms with van der Waals surface area (Å²) in [4.78, 5) is 11.1. The number of halogens is 1. The molecule has 0 saturated heterocycles. The van der Waals surface area contributed by atoms with Crippen LogP contribution in [0.15, 0.2) is 54.6 Å². The fraction of sp³-hybridized carbons (Fsp3) is 0.235. The summed E-state index contributed by atoms with van der Waals surface area (Å²) in [7, 11) is 0. The predicted octanol–water partition coefficient (Wildman–Crippen LogP) is 3.15. The molecule has 0 saturated carbocycles. The second-order valence-electron chi connectivity index (χ2n) is 4.82. The molecule has 2 rings (SSSR count). The van der Waals surface area contributed by atoms with Gasteiger partial charge in [0.2, 0.25) is 0 Å². The topological polar surface area (TPSA) is 37.3 Å². The van der Waals surface area contributed by atoms with Gasteiger partial charge in [0, 0.05) is 0 Å². The van der Waals surface area contributed by atoms with Gasteiger partial charge in [-0.1, -0.05) is 0 Å². The van der Waals surface area contributed by atoms with Gasteiger partial charge in [-0.3, -0.25) is 0 Å². The van der Waals surface area contributed by atoms with Gasteiger partial charge in [0.15, 0.2) is 0 Å². The van der Waals surface area contributed by atoms with Gasteiger partial charge < -0.3 is 0 Å². The molecular weight excluding hydrogens is 351 g/mol. The fourth-order valence-electron chi connectivity index (χ4n) is 2.16. The average Bonchev–Trinajstić information content (AvgIpc) is 2.46. The van der Waals surface area contributed by atoms with Crippen LogP contribution in [0.1, 0.15) is 22.4 Å². The summed E-state index contributed by atoms with van der Waals surface area (Å²) in [6.07, 6.45) is -0.0187. The van der Waals surface area contributed by atoms with E-state index >= 15 is 0 Å². The number of carboxylic acids is 1. The molecule has 4 heteroatoms. The molecule has 0 heterocycles. The van der Waals surface area contributed by atoms with Crippen LogP contribution in [-0.4, -0.2) is 31.4 Å². The first-order chi connectivity index (χ1) is 10.1. The van der Waals surface area contributed by atoms with Crippen molar-refractivity contribution in [3.8, 4) is 0 Å². The van der Waals surface area contributed by atoms with Gasteiger partial charge >= 0.3 is 136 Å². The maximum atomic E-state index is 11.0. The third kappa shape index (κ3) is 4.60. The predicted molar refractivity (Wildman–Crippen MR) is 87.6 cm³/mol. The number of aryl methyl sites for hydroxylation is 1. The second kappa shape index (κ2) is 7.65. The zero-order valence-corrected chi connectivity index (χ0v) is 14.2. The molecule has 0 bridgehead atoms. The second-order valence-corrected chi connectivity index (χ2v) is 7.93. The SMILES string of the molecule is Cc1ccccc1[C@H]([Se]c1ccccc1)[C@H](Cl)CC(=O)O. The van der Waals surface area contributed by atoms with E-state index in [1.165, 1.54) is 4.46 Å². The molecule has 2 nitrogen and oxygen atoms in total. The van der Waals surface area contributed by atoms with Crippen LogP contribution in [0.2, 0.25) is 0 Å². The zero-order valence-electron chi connectivity index (χ0n) is 11.7. The van der Waals surface area contributed by atoms with Crippen LogP contribution in [0.5, 0.6) is 0 Å². The molecule has 2 aromatic rings. The number of carboxylic acid groups (broad SMARTS) is 1. The van der Waals surface area contributed by atoms with Gasteiger partial charge in [0.05, 0.1) is 0 Å². The Morgan fingerprint density at radius 2 is 1.76 bits per heavy atom. The summed E-state index contributed by atoms with van der Waals surface area (Å²) in [5, 5.41) is 8.64. The van der Waals surface area contributed by atoms with E-state index in [9.17, 15) is 4.79 Å². The van der Waals surface area contributed by atoms with E-state index in [-0.39, 0.29) is 26.2 Å². The Hall–Kier alpha value is -1.28. The van der Waals surface area contributed by atoms with Gasteiger partial charge in [-0.05, 0) is 0 Å². The van der Waals surface area contributed by atoms with Crippen molar-refractivity contribution in [3.05, 3.63) is 65.7 Å². The van der Waals surface area contributed by atoms with Crippen molar-refractivity contribution < 1.29 is 9.90 Å². The number of rotatable bonds is 6. The normalized spacial score (nSPS) is 13.6. The van der Waals surface area contributed by atoms with E-state index in [0.717, 1.165) is 11.1 Å². The Morgan fingerprint density at radius 1 is 1.14 bits per heavy atom. The van der Waals surface area contributed by atoms with E-state index in [0.29, 0.717) is 0 Å².